The number of carbonyl (C=O) groups excluding carboxylic acids is 2. The normalized spacial score (nSPS) is 14.7. The van der Waals surface area contributed by atoms with Crippen LogP contribution in [0, 0.1) is 6.92 Å². The SMILES string of the molecule is CCC(CO)NC(=O)c1n[nH]c2c1CCN(C(=O)c1oc3ccccc3c1C)C2. The molecule has 3 N–H and O–H groups in total. The molecule has 29 heavy (non-hydrogen) atoms. The van der Waals surface area contributed by atoms with Gasteiger partial charge in [-0.05, 0) is 25.8 Å². The molecule has 2 aromatic heterocycles. The van der Waals surface area contributed by atoms with Gasteiger partial charge in [0.2, 0.25) is 0 Å². The van der Waals surface area contributed by atoms with E-state index in [1.165, 1.54) is 0 Å². The van der Waals surface area contributed by atoms with Crippen LogP contribution >= 0.6 is 0 Å². The van der Waals surface area contributed by atoms with Crippen LogP contribution < -0.4 is 5.32 Å². The van der Waals surface area contributed by atoms with Crippen molar-refractivity contribution in [2.75, 3.05) is 13.2 Å². The number of para-hydroxylation sites is 1. The van der Waals surface area contributed by atoms with E-state index < -0.39 is 0 Å². The molecule has 4 rings (SSSR count). The lowest BCUT2D eigenvalue weighted by Gasteiger charge is -2.26. The van der Waals surface area contributed by atoms with Crippen LogP contribution in [0.15, 0.2) is 28.7 Å². The smallest absolute Gasteiger partial charge is 0.290 e. The summed E-state index contributed by atoms with van der Waals surface area (Å²) in [6.45, 7) is 4.47. The third-order valence-electron chi connectivity index (χ3n) is 5.52. The van der Waals surface area contributed by atoms with E-state index in [1.807, 2.05) is 38.1 Å². The van der Waals surface area contributed by atoms with Gasteiger partial charge in [0.25, 0.3) is 11.8 Å². The average Bonchev–Trinajstić information content (AvgIpc) is 3.32. The van der Waals surface area contributed by atoms with E-state index in [-0.39, 0.29) is 24.5 Å². The third-order valence-corrected chi connectivity index (χ3v) is 5.52. The van der Waals surface area contributed by atoms with Crippen molar-refractivity contribution in [3.63, 3.8) is 0 Å². The summed E-state index contributed by atoms with van der Waals surface area (Å²) >= 11 is 0. The van der Waals surface area contributed by atoms with E-state index in [4.69, 9.17) is 4.42 Å². The lowest BCUT2D eigenvalue weighted by atomic mass is 10.0. The number of nitrogens with one attached hydrogen (secondary N) is 2. The van der Waals surface area contributed by atoms with E-state index in [9.17, 15) is 14.7 Å². The Morgan fingerprint density at radius 1 is 1.38 bits per heavy atom. The maximum absolute atomic E-state index is 13.1. The third kappa shape index (κ3) is 3.40. The molecular weight excluding hydrogens is 372 g/mol. The van der Waals surface area contributed by atoms with Crippen LogP contribution in [0.4, 0.5) is 0 Å². The number of furan rings is 1. The largest absolute Gasteiger partial charge is 0.451 e. The minimum atomic E-state index is -0.309. The number of fused-ring (bicyclic) bond motifs is 2. The van der Waals surface area contributed by atoms with Crippen LogP contribution in [-0.4, -0.2) is 51.2 Å². The van der Waals surface area contributed by atoms with Gasteiger partial charge in [-0.15, -0.1) is 0 Å². The Morgan fingerprint density at radius 3 is 2.90 bits per heavy atom. The van der Waals surface area contributed by atoms with E-state index in [2.05, 4.69) is 15.5 Å². The van der Waals surface area contributed by atoms with Crippen molar-refractivity contribution in [3.8, 4) is 0 Å². The molecule has 1 unspecified atom stereocenters. The van der Waals surface area contributed by atoms with Gasteiger partial charge in [-0.25, -0.2) is 0 Å². The number of aliphatic hydroxyl groups excluding tert-OH is 1. The summed E-state index contributed by atoms with van der Waals surface area (Å²) in [5.41, 5.74) is 3.43. The van der Waals surface area contributed by atoms with E-state index in [1.54, 1.807) is 4.90 Å². The number of amides is 2. The molecule has 3 aromatic rings. The summed E-state index contributed by atoms with van der Waals surface area (Å²) < 4.78 is 5.81. The Balaban J connectivity index is 1.53. The van der Waals surface area contributed by atoms with Gasteiger partial charge in [0.1, 0.15) is 5.58 Å². The summed E-state index contributed by atoms with van der Waals surface area (Å²) in [6, 6.07) is 7.29. The minimum absolute atomic E-state index is 0.117. The summed E-state index contributed by atoms with van der Waals surface area (Å²) in [7, 11) is 0. The molecule has 0 spiro atoms. The van der Waals surface area contributed by atoms with Gasteiger partial charge in [-0.1, -0.05) is 25.1 Å². The highest BCUT2D eigenvalue weighted by atomic mass is 16.3. The van der Waals surface area contributed by atoms with Crippen molar-refractivity contribution in [2.24, 2.45) is 0 Å². The summed E-state index contributed by atoms with van der Waals surface area (Å²) in [5, 5.41) is 20.1. The molecule has 8 heteroatoms. The second kappa shape index (κ2) is 7.71. The highest BCUT2D eigenvalue weighted by molar-refractivity contribution is 5.99. The van der Waals surface area contributed by atoms with E-state index in [0.717, 1.165) is 22.2 Å². The molecule has 1 atom stereocenters. The van der Waals surface area contributed by atoms with Crippen molar-refractivity contribution in [3.05, 3.63) is 52.5 Å². The molecule has 1 aromatic carbocycles. The molecule has 0 aliphatic carbocycles. The quantitative estimate of drug-likeness (QED) is 0.612. The Kier molecular flexibility index (Phi) is 5.10. The predicted octanol–water partition coefficient (Wildman–Crippen LogP) is 2.16. The van der Waals surface area contributed by atoms with Gasteiger partial charge in [-0.2, -0.15) is 5.10 Å². The number of nitrogens with zero attached hydrogens (tertiary/aromatic N) is 2. The number of aromatic nitrogens is 2. The fourth-order valence-corrected chi connectivity index (χ4v) is 3.73. The summed E-state index contributed by atoms with van der Waals surface area (Å²) in [4.78, 5) is 27.2. The Bertz CT molecular complexity index is 1060. The topological polar surface area (TPSA) is 111 Å². The van der Waals surface area contributed by atoms with Gasteiger partial charge >= 0.3 is 0 Å². The zero-order chi connectivity index (χ0) is 20.5. The van der Waals surface area contributed by atoms with Gasteiger partial charge in [0.05, 0.1) is 24.9 Å². The number of hydrogen-bond donors (Lipinski definition) is 3. The molecule has 1 aliphatic heterocycles. The predicted molar refractivity (Wildman–Crippen MR) is 107 cm³/mol. The molecule has 152 valence electrons. The van der Waals surface area contributed by atoms with Crippen molar-refractivity contribution in [2.45, 2.75) is 39.3 Å². The Morgan fingerprint density at radius 2 is 2.17 bits per heavy atom. The molecule has 0 radical (unpaired) electrons. The molecule has 3 heterocycles. The number of hydrogen-bond acceptors (Lipinski definition) is 5. The van der Waals surface area contributed by atoms with Crippen LogP contribution in [0.3, 0.4) is 0 Å². The Hall–Kier alpha value is -3.13. The van der Waals surface area contributed by atoms with Gasteiger partial charge in [0, 0.05) is 23.1 Å². The highest BCUT2D eigenvalue weighted by Gasteiger charge is 2.30. The van der Waals surface area contributed by atoms with Crippen LogP contribution in [0.2, 0.25) is 0 Å². The first kappa shape index (κ1) is 19.2. The number of aliphatic hydroxyl groups is 1. The van der Waals surface area contributed by atoms with E-state index in [0.29, 0.717) is 43.0 Å². The highest BCUT2D eigenvalue weighted by Crippen LogP contribution is 2.28. The standard InChI is InChI=1S/C21H24N4O4/c1-3-13(11-26)22-20(27)18-15-8-9-25(10-16(15)23-24-18)21(28)19-12(2)14-6-4-5-7-17(14)29-19/h4-7,13,26H,3,8-11H2,1-2H3,(H,22,27)(H,23,24). The second-order valence-corrected chi connectivity index (χ2v) is 7.32. The van der Waals surface area contributed by atoms with Crippen molar-refractivity contribution >= 4 is 22.8 Å². The second-order valence-electron chi connectivity index (χ2n) is 7.32. The lowest BCUT2D eigenvalue weighted by Crippen LogP contribution is -2.39. The minimum Gasteiger partial charge on any atom is -0.451 e. The van der Waals surface area contributed by atoms with Gasteiger partial charge in [-0.3, -0.25) is 14.7 Å². The molecule has 0 saturated heterocycles. The Labute approximate surface area is 167 Å². The van der Waals surface area contributed by atoms with Crippen LogP contribution in [0.5, 0.6) is 0 Å². The first-order valence-electron chi connectivity index (χ1n) is 9.78. The number of aryl methyl sites for hydroxylation is 1. The van der Waals surface area contributed by atoms with Crippen LogP contribution in [0.1, 0.15) is 51.2 Å². The van der Waals surface area contributed by atoms with Gasteiger partial charge in [0.15, 0.2) is 11.5 Å². The maximum atomic E-state index is 13.1. The fourth-order valence-electron chi connectivity index (χ4n) is 3.73. The molecule has 0 saturated carbocycles. The van der Waals surface area contributed by atoms with E-state index >= 15 is 0 Å². The average molecular weight is 396 g/mol. The molecule has 1 aliphatic rings. The molecule has 0 bridgehead atoms. The molecule has 8 nitrogen and oxygen atoms in total. The molecule has 2 amide bonds. The number of benzene rings is 1. The summed E-state index contributed by atoms with van der Waals surface area (Å²) in [6.07, 6.45) is 1.16. The van der Waals surface area contributed by atoms with Crippen LogP contribution in [-0.2, 0) is 13.0 Å². The zero-order valence-corrected chi connectivity index (χ0v) is 16.5. The van der Waals surface area contributed by atoms with Crippen molar-refractivity contribution in [1.29, 1.82) is 0 Å². The maximum Gasteiger partial charge on any atom is 0.290 e. The zero-order valence-electron chi connectivity index (χ0n) is 16.5. The number of carbonyl (C=O) groups is 2. The number of H-pyrrole nitrogens is 1. The molecule has 0 fully saturated rings. The van der Waals surface area contributed by atoms with Crippen molar-refractivity contribution in [1.82, 2.24) is 20.4 Å². The first-order valence-corrected chi connectivity index (χ1v) is 9.78. The number of rotatable bonds is 5. The van der Waals surface area contributed by atoms with Crippen molar-refractivity contribution < 1.29 is 19.1 Å². The fraction of sp³-hybridized carbons (Fsp3) is 0.381. The first-order chi connectivity index (χ1) is 14.0. The summed E-state index contributed by atoms with van der Waals surface area (Å²) in [5.74, 6) is -0.131. The molecular formula is C21H24N4O4. The lowest BCUT2D eigenvalue weighted by molar-refractivity contribution is 0.0701. The monoisotopic (exact) mass is 396 g/mol. The van der Waals surface area contributed by atoms with Gasteiger partial charge < -0.3 is 19.7 Å². The van der Waals surface area contributed by atoms with Crippen LogP contribution in [0.25, 0.3) is 11.0 Å². The number of aromatic amines is 1.